The first-order valence-corrected chi connectivity index (χ1v) is 2.75. The molecule has 1 fully saturated rings. The predicted molar refractivity (Wildman–Crippen MR) is 27.1 cm³/mol. The van der Waals surface area contributed by atoms with Crippen molar-refractivity contribution in [2.45, 2.75) is 12.5 Å². The Bertz CT molecular complexity index is 160. The lowest BCUT2D eigenvalue weighted by molar-refractivity contribution is -0.142. The summed E-state index contributed by atoms with van der Waals surface area (Å²) in [6.07, 6.45) is 4.88. The van der Waals surface area contributed by atoms with Crippen LogP contribution >= 0.6 is 0 Å². The second-order valence-corrected chi connectivity index (χ2v) is 2.20. The minimum absolute atomic E-state index is 0.0440. The van der Waals surface area contributed by atoms with E-state index >= 15 is 0 Å². The molecule has 2 rings (SSSR count). The summed E-state index contributed by atoms with van der Waals surface area (Å²) in [6, 6.07) is 0. The molecule has 0 radical (unpaired) electrons. The molecule has 1 aliphatic carbocycles. The third-order valence-corrected chi connectivity index (χ3v) is 1.61. The van der Waals surface area contributed by atoms with Crippen molar-refractivity contribution in [3.63, 3.8) is 0 Å². The highest BCUT2D eigenvalue weighted by molar-refractivity contribution is 5.78. The summed E-state index contributed by atoms with van der Waals surface area (Å²) in [4.78, 5) is 10.6. The third kappa shape index (κ3) is 0.351. The summed E-state index contributed by atoms with van der Waals surface area (Å²) in [5.74, 6) is 0.0532. The maximum atomic E-state index is 10.6. The highest BCUT2D eigenvalue weighted by Gasteiger charge is 2.35. The molecule has 2 nitrogen and oxygen atoms in total. The lowest BCUT2D eigenvalue weighted by atomic mass is 10.2. The van der Waals surface area contributed by atoms with Crippen LogP contribution in [0.25, 0.3) is 0 Å². The van der Waals surface area contributed by atoms with Crippen molar-refractivity contribution in [2.75, 3.05) is 0 Å². The Hall–Kier alpha value is -0.790. The van der Waals surface area contributed by atoms with E-state index in [1.807, 2.05) is 12.2 Å². The van der Waals surface area contributed by atoms with Crippen LogP contribution in [0.15, 0.2) is 12.2 Å². The first-order chi connectivity index (χ1) is 3.86. The van der Waals surface area contributed by atoms with Gasteiger partial charge in [-0.05, 0) is 6.08 Å². The van der Waals surface area contributed by atoms with Gasteiger partial charge in [0.2, 0.25) is 0 Å². The van der Waals surface area contributed by atoms with E-state index in [2.05, 4.69) is 0 Å². The number of carbonyl (C=O) groups is 1. The van der Waals surface area contributed by atoms with Gasteiger partial charge in [0.15, 0.2) is 0 Å². The highest BCUT2D eigenvalue weighted by Crippen LogP contribution is 2.29. The van der Waals surface area contributed by atoms with E-state index in [0.717, 1.165) is 6.42 Å². The molecule has 0 spiro atoms. The number of carbonyl (C=O) groups excluding carboxylic acids is 1. The summed E-state index contributed by atoms with van der Waals surface area (Å²) >= 11 is 0. The predicted octanol–water partition coefficient (Wildman–Crippen LogP) is 0.488. The van der Waals surface area contributed by atoms with E-state index in [1.54, 1.807) is 0 Å². The van der Waals surface area contributed by atoms with Gasteiger partial charge < -0.3 is 4.74 Å². The van der Waals surface area contributed by atoms with Crippen LogP contribution in [0.5, 0.6) is 0 Å². The molecule has 1 heterocycles. The van der Waals surface area contributed by atoms with Crippen molar-refractivity contribution in [3.8, 4) is 0 Å². The van der Waals surface area contributed by atoms with Gasteiger partial charge in [0.25, 0.3) is 0 Å². The quantitative estimate of drug-likeness (QED) is 0.335. The molecule has 0 aromatic rings. The first kappa shape index (κ1) is 4.13. The molecule has 8 heavy (non-hydrogen) atoms. The van der Waals surface area contributed by atoms with Crippen molar-refractivity contribution >= 4 is 5.97 Å². The molecule has 0 amide bonds. The maximum Gasteiger partial charge on any atom is 0.313 e. The Labute approximate surface area is 47.1 Å². The summed E-state index contributed by atoms with van der Waals surface area (Å²) in [5.41, 5.74) is 0. The molecule has 0 saturated carbocycles. The van der Waals surface area contributed by atoms with Gasteiger partial charge >= 0.3 is 5.97 Å². The zero-order valence-corrected chi connectivity index (χ0v) is 4.33. The van der Waals surface area contributed by atoms with Crippen LogP contribution in [0.4, 0.5) is 0 Å². The molecule has 2 atom stereocenters. The van der Waals surface area contributed by atoms with Crippen LogP contribution in [0.1, 0.15) is 6.42 Å². The van der Waals surface area contributed by atoms with E-state index < -0.39 is 0 Å². The smallest absolute Gasteiger partial charge is 0.313 e. The molecule has 2 unspecified atom stereocenters. The number of ether oxygens (including phenoxy) is 1. The van der Waals surface area contributed by atoms with Gasteiger partial charge in [-0.3, -0.25) is 4.79 Å². The summed E-state index contributed by atoms with van der Waals surface area (Å²) < 4.78 is 4.83. The van der Waals surface area contributed by atoms with Crippen molar-refractivity contribution in [2.24, 2.45) is 5.92 Å². The van der Waals surface area contributed by atoms with Gasteiger partial charge in [-0.2, -0.15) is 0 Å². The van der Waals surface area contributed by atoms with Gasteiger partial charge in [0.1, 0.15) is 6.10 Å². The monoisotopic (exact) mass is 110 g/mol. The largest absolute Gasteiger partial charge is 0.458 e. The molecule has 1 aliphatic heterocycles. The normalized spacial score (nSPS) is 40.8. The lowest BCUT2D eigenvalue weighted by Gasteiger charge is -2.01. The summed E-state index contributed by atoms with van der Waals surface area (Å²) in [5, 5.41) is 0. The molecule has 2 heteroatoms. The highest BCUT2D eigenvalue weighted by atomic mass is 16.6. The van der Waals surface area contributed by atoms with E-state index in [-0.39, 0.29) is 18.0 Å². The van der Waals surface area contributed by atoms with Gasteiger partial charge in [-0.15, -0.1) is 0 Å². The summed E-state index contributed by atoms with van der Waals surface area (Å²) in [7, 11) is 0. The maximum absolute atomic E-state index is 10.6. The Morgan fingerprint density at radius 2 is 2.50 bits per heavy atom. The number of rotatable bonds is 0. The molecule has 0 N–H and O–H groups in total. The molecule has 42 valence electrons. The topological polar surface area (TPSA) is 26.3 Å². The SMILES string of the molecule is O=C1OC2C=CC1C2. The van der Waals surface area contributed by atoms with E-state index in [4.69, 9.17) is 4.74 Å². The zero-order valence-electron chi connectivity index (χ0n) is 4.33. The number of esters is 1. The fourth-order valence-corrected chi connectivity index (χ4v) is 1.16. The molecule has 1 saturated heterocycles. The van der Waals surface area contributed by atoms with Crippen LogP contribution in [-0.4, -0.2) is 12.1 Å². The Morgan fingerprint density at radius 1 is 1.62 bits per heavy atom. The fraction of sp³-hybridized carbons (Fsp3) is 0.500. The third-order valence-electron chi connectivity index (χ3n) is 1.61. The molecule has 2 bridgehead atoms. The van der Waals surface area contributed by atoms with Crippen LogP contribution in [-0.2, 0) is 9.53 Å². The molecular weight excluding hydrogens is 104 g/mol. The lowest BCUT2D eigenvalue weighted by Crippen LogP contribution is -2.08. The summed E-state index contributed by atoms with van der Waals surface area (Å²) in [6.45, 7) is 0. The van der Waals surface area contributed by atoms with E-state index in [1.165, 1.54) is 0 Å². The van der Waals surface area contributed by atoms with Crippen LogP contribution in [0, 0.1) is 5.92 Å². The first-order valence-electron chi connectivity index (χ1n) is 2.75. The Balaban J connectivity index is 2.35. The van der Waals surface area contributed by atoms with Crippen molar-refractivity contribution in [1.82, 2.24) is 0 Å². The second kappa shape index (κ2) is 1.13. The zero-order chi connectivity index (χ0) is 5.56. The fourth-order valence-electron chi connectivity index (χ4n) is 1.16. The molecular formula is C6H6O2. The van der Waals surface area contributed by atoms with Gasteiger partial charge in [0.05, 0.1) is 5.92 Å². The molecule has 0 aromatic heterocycles. The van der Waals surface area contributed by atoms with E-state index in [0.29, 0.717) is 0 Å². The van der Waals surface area contributed by atoms with E-state index in [9.17, 15) is 4.79 Å². The second-order valence-electron chi connectivity index (χ2n) is 2.20. The van der Waals surface area contributed by atoms with Crippen molar-refractivity contribution in [3.05, 3.63) is 12.2 Å². The van der Waals surface area contributed by atoms with Gasteiger partial charge in [-0.1, -0.05) is 6.08 Å². The molecule has 0 aromatic carbocycles. The van der Waals surface area contributed by atoms with Crippen LogP contribution in [0.2, 0.25) is 0 Å². The number of hydrogen-bond donors (Lipinski definition) is 0. The van der Waals surface area contributed by atoms with Gasteiger partial charge in [0, 0.05) is 6.42 Å². The van der Waals surface area contributed by atoms with Crippen LogP contribution < -0.4 is 0 Å². The number of fused-ring (bicyclic) bond motifs is 2. The van der Waals surface area contributed by atoms with Gasteiger partial charge in [-0.25, -0.2) is 0 Å². The van der Waals surface area contributed by atoms with Crippen molar-refractivity contribution in [1.29, 1.82) is 0 Å². The average molecular weight is 110 g/mol. The molecule has 2 aliphatic rings. The number of hydrogen-bond acceptors (Lipinski definition) is 2. The van der Waals surface area contributed by atoms with Crippen molar-refractivity contribution < 1.29 is 9.53 Å². The minimum Gasteiger partial charge on any atom is -0.458 e. The standard InChI is InChI=1S/C6H6O2/c7-6-4-1-2-5(3-4)8-6/h1-2,4-5H,3H2. The average Bonchev–Trinajstić information content (AvgIpc) is 2.23. The minimum atomic E-state index is -0.0440. The Kier molecular flexibility index (Phi) is 0.583. The Morgan fingerprint density at radius 3 is 2.75 bits per heavy atom. The van der Waals surface area contributed by atoms with Crippen LogP contribution in [0.3, 0.4) is 0 Å².